The number of benzene rings is 1. The Morgan fingerprint density at radius 1 is 1.36 bits per heavy atom. The van der Waals surface area contributed by atoms with Gasteiger partial charge in [-0.25, -0.2) is 9.18 Å². The minimum atomic E-state index is -0.549. The Labute approximate surface area is 166 Å². The summed E-state index contributed by atoms with van der Waals surface area (Å²) < 4.78 is 20.8. The summed E-state index contributed by atoms with van der Waals surface area (Å²) >= 11 is 1.12. The predicted octanol–water partition coefficient (Wildman–Crippen LogP) is 2.51. The number of amides is 3. The zero-order valence-corrected chi connectivity index (χ0v) is 16.5. The van der Waals surface area contributed by atoms with Crippen molar-refractivity contribution in [1.82, 2.24) is 25.4 Å². The van der Waals surface area contributed by atoms with E-state index in [9.17, 15) is 14.0 Å². The summed E-state index contributed by atoms with van der Waals surface area (Å²) in [5.74, 6) is -0.373. The summed E-state index contributed by atoms with van der Waals surface area (Å²) in [5, 5.41) is 13.4. The first kappa shape index (κ1) is 21.4. The van der Waals surface area contributed by atoms with Gasteiger partial charge in [0, 0.05) is 12.6 Å². The third-order valence-corrected chi connectivity index (χ3v) is 4.27. The smallest absolute Gasteiger partial charge is 0.321 e. The molecule has 0 atom stereocenters. The molecule has 150 valence electrons. The third kappa shape index (κ3) is 6.38. The van der Waals surface area contributed by atoms with Gasteiger partial charge in [-0.2, -0.15) is 0 Å². The van der Waals surface area contributed by atoms with Gasteiger partial charge in [-0.3, -0.25) is 14.7 Å². The first-order chi connectivity index (χ1) is 13.4. The Bertz CT molecular complexity index is 840. The van der Waals surface area contributed by atoms with Crippen LogP contribution in [0.2, 0.25) is 0 Å². The largest absolute Gasteiger partial charge is 0.483 e. The summed E-state index contributed by atoms with van der Waals surface area (Å²) in [6, 6.07) is 5.44. The van der Waals surface area contributed by atoms with Crippen LogP contribution in [0.4, 0.5) is 9.18 Å². The number of allylic oxidation sites excluding steroid dienone is 1. The fraction of sp³-hybridized carbons (Fsp3) is 0.333. The molecule has 2 aromatic rings. The second kappa shape index (κ2) is 10.5. The number of thioether (sulfide) groups is 1. The van der Waals surface area contributed by atoms with E-state index in [1.807, 2.05) is 0 Å². The molecule has 0 fully saturated rings. The number of carbonyl (C=O) groups excluding carboxylic acids is 2. The highest BCUT2D eigenvalue weighted by molar-refractivity contribution is 7.99. The Morgan fingerprint density at radius 2 is 2.11 bits per heavy atom. The van der Waals surface area contributed by atoms with E-state index in [2.05, 4.69) is 27.4 Å². The molecule has 2 N–H and O–H groups in total. The number of urea groups is 1. The SMILES string of the molecule is C=CCn1c(COc2ccccc2F)nnc1SCC(=O)NC(=O)NC(C)C. The molecule has 0 saturated carbocycles. The molecule has 0 aliphatic heterocycles. The monoisotopic (exact) mass is 407 g/mol. The van der Waals surface area contributed by atoms with Crippen LogP contribution in [0, 0.1) is 5.82 Å². The molecule has 0 unspecified atom stereocenters. The maximum absolute atomic E-state index is 13.7. The van der Waals surface area contributed by atoms with Gasteiger partial charge in [0.05, 0.1) is 5.75 Å². The van der Waals surface area contributed by atoms with E-state index >= 15 is 0 Å². The number of hydrogen-bond donors (Lipinski definition) is 2. The molecule has 0 aliphatic rings. The number of ether oxygens (including phenoxy) is 1. The second-order valence-corrected chi connectivity index (χ2v) is 6.92. The minimum absolute atomic E-state index is 0.00528. The summed E-state index contributed by atoms with van der Waals surface area (Å²) in [7, 11) is 0. The van der Waals surface area contributed by atoms with Crippen molar-refractivity contribution in [1.29, 1.82) is 0 Å². The van der Waals surface area contributed by atoms with Crippen molar-refractivity contribution in [2.45, 2.75) is 38.2 Å². The Hall–Kier alpha value is -2.88. The van der Waals surface area contributed by atoms with Gasteiger partial charge in [0.2, 0.25) is 5.91 Å². The minimum Gasteiger partial charge on any atom is -0.483 e. The number of para-hydroxylation sites is 1. The lowest BCUT2D eigenvalue weighted by Gasteiger charge is -2.10. The van der Waals surface area contributed by atoms with E-state index < -0.39 is 17.8 Å². The van der Waals surface area contributed by atoms with Crippen LogP contribution in [-0.4, -0.2) is 38.5 Å². The normalized spacial score (nSPS) is 10.6. The van der Waals surface area contributed by atoms with Gasteiger partial charge < -0.3 is 10.1 Å². The molecule has 0 spiro atoms. The molecule has 28 heavy (non-hydrogen) atoms. The van der Waals surface area contributed by atoms with Gasteiger partial charge >= 0.3 is 6.03 Å². The first-order valence-electron chi connectivity index (χ1n) is 8.54. The standard InChI is InChI=1S/C18H22FN5O3S/c1-4-9-24-15(10-27-14-8-6-5-7-13(14)19)22-23-18(24)28-11-16(25)21-17(26)20-12(2)3/h4-8,12H,1,9-11H2,2-3H3,(H2,20,21,25,26). The molecule has 1 aromatic carbocycles. The van der Waals surface area contributed by atoms with Crippen molar-refractivity contribution in [3.8, 4) is 5.75 Å². The van der Waals surface area contributed by atoms with Gasteiger partial charge in [0.25, 0.3) is 0 Å². The maximum atomic E-state index is 13.7. The summed E-state index contributed by atoms with van der Waals surface area (Å²) in [6.45, 7) is 7.67. The van der Waals surface area contributed by atoms with Crippen LogP contribution in [-0.2, 0) is 17.9 Å². The van der Waals surface area contributed by atoms with Gasteiger partial charge in [-0.15, -0.1) is 16.8 Å². The molecule has 1 heterocycles. The summed E-state index contributed by atoms with van der Waals surface area (Å²) in [6.07, 6.45) is 1.65. The van der Waals surface area contributed by atoms with Crippen LogP contribution in [0.25, 0.3) is 0 Å². The topological polar surface area (TPSA) is 98.1 Å². The van der Waals surface area contributed by atoms with Gasteiger partial charge in [0.15, 0.2) is 22.5 Å². The number of rotatable bonds is 9. The van der Waals surface area contributed by atoms with Gasteiger partial charge in [-0.1, -0.05) is 30.0 Å². The van der Waals surface area contributed by atoms with E-state index in [-0.39, 0.29) is 24.2 Å². The van der Waals surface area contributed by atoms with E-state index in [4.69, 9.17) is 4.74 Å². The number of nitrogens with zero attached hydrogens (tertiary/aromatic N) is 3. The average Bonchev–Trinajstić information content (AvgIpc) is 3.01. The zero-order valence-electron chi connectivity index (χ0n) is 15.6. The van der Waals surface area contributed by atoms with Crippen molar-refractivity contribution in [3.63, 3.8) is 0 Å². The molecule has 1 aromatic heterocycles. The highest BCUT2D eigenvalue weighted by Crippen LogP contribution is 2.20. The fourth-order valence-electron chi connectivity index (χ4n) is 2.14. The molecule has 0 aliphatic carbocycles. The highest BCUT2D eigenvalue weighted by atomic mass is 32.2. The lowest BCUT2D eigenvalue weighted by atomic mass is 10.3. The van der Waals surface area contributed by atoms with Crippen LogP contribution in [0.5, 0.6) is 5.75 Å². The lowest BCUT2D eigenvalue weighted by molar-refractivity contribution is -0.117. The van der Waals surface area contributed by atoms with Gasteiger partial charge in [-0.05, 0) is 26.0 Å². The van der Waals surface area contributed by atoms with Crippen molar-refractivity contribution in [3.05, 3.63) is 48.6 Å². The fourth-order valence-corrected chi connectivity index (χ4v) is 2.91. The van der Waals surface area contributed by atoms with Crippen molar-refractivity contribution >= 4 is 23.7 Å². The molecule has 0 radical (unpaired) electrons. The van der Waals surface area contributed by atoms with E-state index in [1.54, 1.807) is 36.6 Å². The second-order valence-electron chi connectivity index (χ2n) is 5.98. The predicted molar refractivity (Wildman–Crippen MR) is 103 cm³/mol. The maximum Gasteiger partial charge on any atom is 0.321 e. The van der Waals surface area contributed by atoms with Crippen LogP contribution >= 0.6 is 11.8 Å². The molecule has 0 bridgehead atoms. The van der Waals surface area contributed by atoms with E-state index in [1.165, 1.54) is 12.1 Å². The molecule has 8 nitrogen and oxygen atoms in total. The number of carbonyl (C=O) groups is 2. The average molecular weight is 407 g/mol. The Kier molecular flexibility index (Phi) is 8.00. The number of halogens is 1. The molecule has 3 amide bonds. The van der Waals surface area contributed by atoms with Crippen molar-refractivity contribution < 1.29 is 18.7 Å². The van der Waals surface area contributed by atoms with Crippen molar-refractivity contribution in [2.75, 3.05) is 5.75 Å². The van der Waals surface area contributed by atoms with Crippen molar-refractivity contribution in [2.24, 2.45) is 0 Å². The zero-order chi connectivity index (χ0) is 20.5. The molecular formula is C18H22FN5O3S. The van der Waals surface area contributed by atoms with Crippen LogP contribution in [0.1, 0.15) is 19.7 Å². The number of nitrogens with one attached hydrogen (secondary N) is 2. The Morgan fingerprint density at radius 3 is 2.79 bits per heavy atom. The van der Waals surface area contributed by atoms with Crippen LogP contribution in [0.3, 0.4) is 0 Å². The van der Waals surface area contributed by atoms with E-state index in [0.29, 0.717) is 17.5 Å². The summed E-state index contributed by atoms with van der Waals surface area (Å²) in [5.41, 5.74) is 0. The Balaban J connectivity index is 1.97. The molecule has 0 saturated heterocycles. The molecule has 2 rings (SSSR count). The third-order valence-electron chi connectivity index (χ3n) is 3.30. The van der Waals surface area contributed by atoms with Crippen LogP contribution in [0.15, 0.2) is 42.1 Å². The van der Waals surface area contributed by atoms with Gasteiger partial charge in [0.1, 0.15) is 6.61 Å². The number of aromatic nitrogens is 3. The highest BCUT2D eigenvalue weighted by Gasteiger charge is 2.16. The van der Waals surface area contributed by atoms with Crippen LogP contribution < -0.4 is 15.4 Å². The van der Waals surface area contributed by atoms with E-state index in [0.717, 1.165) is 11.8 Å². The first-order valence-corrected chi connectivity index (χ1v) is 9.52. The molecule has 10 heteroatoms. The molecular weight excluding hydrogens is 385 g/mol. The summed E-state index contributed by atoms with van der Waals surface area (Å²) in [4.78, 5) is 23.4. The number of imide groups is 1. The lowest BCUT2D eigenvalue weighted by Crippen LogP contribution is -2.43. The quantitative estimate of drug-likeness (QED) is 0.490. The number of hydrogen-bond acceptors (Lipinski definition) is 6.